The first-order valence-corrected chi connectivity index (χ1v) is 5.68. The first kappa shape index (κ1) is 10.4. The maximum absolute atomic E-state index is 12.1. The van der Waals surface area contributed by atoms with Crippen molar-refractivity contribution in [2.75, 3.05) is 6.61 Å². The van der Waals surface area contributed by atoms with Gasteiger partial charge in [-0.05, 0) is 36.1 Å². The molecule has 0 saturated carbocycles. The predicted octanol–water partition coefficient (Wildman–Crippen LogP) is 1.93. The van der Waals surface area contributed by atoms with Crippen LogP contribution in [0.2, 0.25) is 0 Å². The maximum Gasteiger partial charge on any atom is 0.234 e. The zero-order valence-electron chi connectivity index (χ0n) is 9.58. The minimum atomic E-state index is -0.377. The van der Waals surface area contributed by atoms with Crippen molar-refractivity contribution < 1.29 is 14.3 Å². The van der Waals surface area contributed by atoms with E-state index in [1.807, 2.05) is 12.1 Å². The number of carbonyl (C=O) groups excluding carboxylic acids is 2. The molecule has 1 aliphatic heterocycles. The van der Waals surface area contributed by atoms with Gasteiger partial charge in [0.2, 0.25) is 11.6 Å². The lowest BCUT2D eigenvalue weighted by atomic mass is 9.84. The minimum absolute atomic E-state index is 0.362. The van der Waals surface area contributed by atoms with Crippen LogP contribution in [0.15, 0.2) is 17.7 Å². The summed E-state index contributed by atoms with van der Waals surface area (Å²) in [4.78, 5) is 23.8. The second-order valence-electron chi connectivity index (χ2n) is 4.46. The Morgan fingerprint density at radius 1 is 1.18 bits per heavy atom. The topological polar surface area (TPSA) is 43.4 Å². The lowest BCUT2D eigenvalue weighted by molar-refractivity contribution is -0.111. The molecule has 0 fully saturated rings. The summed E-state index contributed by atoms with van der Waals surface area (Å²) >= 11 is 0. The summed E-state index contributed by atoms with van der Waals surface area (Å²) in [6.07, 6.45) is 2.51. The average Bonchev–Trinajstić information content (AvgIpc) is 2.35. The molecule has 0 saturated heterocycles. The van der Waals surface area contributed by atoms with Crippen molar-refractivity contribution in [3.8, 4) is 0 Å². The van der Waals surface area contributed by atoms with Crippen LogP contribution in [-0.2, 0) is 22.6 Å². The van der Waals surface area contributed by atoms with Crippen LogP contribution in [0.3, 0.4) is 0 Å². The van der Waals surface area contributed by atoms with Crippen LogP contribution < -0.4 is 0 Å². The zero-order chi connectivity index (χ0) is 12.0. The van der Waals surface area contributed by atoms with Gasteiger partial charge in [-0.3, -0.25) is 9.59 Å². The summed E-state index contributed by atoms with van der Waals surface area (Å²) < 4.78 is 5.36. The molecule has 3 rings (SSSR count). The molecule has 2 aliphatic rings. The van der Waals surface area contributed by atoms with E-state index in [2.05, 4.69) is 0 Å². The SMILES string of the molecule is CC1=Cc2ccc3c(c2C(=O)C1=O)CCOC3. The number of hydrogen-bond acceptors (Lipinski definition) is 3. The molecule has 0 N–H and O–H groups in total. The van der Waals surface area contributed by atoms with Gasteiger partial charge < -0.3 is 4.74 Å². The first-order chi connectivity index (χ1) is 8.18. The van der Waals surface area contributed by atoms with E-state index in [-0.39, 0.29) is 11.6 Å². The van der Waals surface area contributed by atoms with Gasteiger partial charge in [-0.1, -0.05) is 12.1 Å². The van der Waals surface area contributed by atoms with Crippen molar-refractivity contribution in [3.63, 3.8) is 0 Å². The third-order valence-electron chi connectivity index (χ3n) is 3.36. The van der Waals surface area contributed by atoms with E-state index >= 15 is 0 Å². The fourth-order valence-corrected chi connectivity index (χ4v) is 2.47. The molecular formula is C14H12O3. The number of carbonyl (C=O) groups is 2. The summed E-state index contributed by atoms with van der Waals surface area (Å²) in [5.41, 5.74) is 4.02. The van der Waals surface area contributed by atoms with Crippen molar-refractivity contribution >= 4 is 17.6 Å². The van der Waals surface area contributed by atoms with Gasteiger partial charge >= 0.3 is 0 Å². The Hall–Kier alpha value is -1.74. The number of rotatable bonds is 0. The van der Waals surface area contributed by atoms with E-state index in [0.29, 0.717) is 30.8 Å². The van der Waals surface area contributed by atoms with Crippen LogP contribution in [-0.4, -0.2) is 18.2 Å². The lowest BCUT2D eigenvalue weighted by Crippen LogP contribution is -2.24. The predicted molar refractivity (Wildman–Crippen MR) is 62.8 cm³/mol. The summed E-state index contributed by atoms with van der Waals surface area (Å²) in [6, 6.07) is 3.89. The highest BCUT2D eigenvalue weighted by Gasteiger charge is 2.29. The number of Topliss-reactive ketones (excluding diaryl/α,β-unsaturated/α-hetero) is 2. The Labute approximate surface area is 99.1 Å². The smallest absolute Gasteiger partial charge is 0.234 e. The van der Waals surface area contributed by atoms with E-state index in [1.165, 1.54) is 0 Å². The van der Waals surface area contributed by atoms with E-state index in [9.17, 15) is 9.59 Å². The first-order valence-electron chi connectivity index (χ1n) is 5.68. The van der Waals surface area contributed by atoms with Crippen LogP contribution in [0.25, 0.3) is 6.08 Å². The summed E-state index contributed by atoms with van der Waals surface area (Å²) in [7, 11) is 0. The normalized spacial score (nSPS) is 18.5. The molecule has 0 atom stereocenters. The fraction of sp³-hybridized carbons (Fsp3) is 0.286. The standard InChI is InChI=1S/C14H12O3/c1-8-6-9-2-3-10-7-17-5-4-11(10)12(9)14(16)13(8)15/h2-3,6H,4-5,7H2,1H3. The highest BCUT2D eigenvalue weighted by Crippen LogP contribution is 2.29. The number of ketones is 2. The van der Waals surface area contributed by atoms with Gasteiger partial charge in [0.05, 0.1) is 13.2 Å². The van der Waals surface area contributed by atoms with Crippen molar-refractivity contribution in [2.45, 2.75) is 20.0 Å². The number of hydrogen-bond donors (Lipinski definition) is 0. The number of ether oxygens (including phenoxy) is 1. The van der Waals surface area contributed by atoms with Gasteiger partial charge in [0.15, 0.2) is 0 Å². The average molecular weight is 228 g/mol. The number of fused-ring (bicyclic) bond motifs is 3. The maximum atomic E-state index is 12.1. The molecule has 1 aromatic rings. The quantitative estimate of drug-likeness (QED) is 0.637. The lowest BCUT2D eigenvalue weighted by Gasteiger charge is -2.22. The number of benzene rings is 1. The molecule has 1 aromatic carbocycles. The van der Waals surface area contributed by atoms with Crippen LogP contribution in [0.5, 0.6) is 0 Å². The molecule has 0 bridgehead atoms. The molecule has 0 radical (unpaired) electrons. The van der Waals surface area contributed by atoms with Crippen molar-refractivity contribution in [1.82, 2.24) is 0 Å². The van der Waals surface area contributed by atoms with Gasteiger partial charge in [-0.15, -0.1) is 0 Å². The van der Waals surface area contributed by atoms with Crippen LogP contribution in [0.4, 0.5) is 0 Å². The minimum Gasteiger partial charge on any atom is -0.376 e. The molecule has 0 spiro atoms. The Bertz CT molecular complexity index is 567. The van der Waals surface area contributed by atoms with E-state index < -0.39 is 0 Å². The third kappa shape index (κ3) is 1.46. The van der Waals surface area contributed by atoms with E-state index in [4.69, 9.17) is 4.74 Å². The summed E-state index contributed by atoms with van der Waals surface area (Å²) in [5.74, 6) is -0.740. The molecule has 86 valence electrons. The molecule has 1 heterocycles. The van der Waals surface area contributed by atoms with E-state index in [0.717, 1.165) is 16.7 Å². The molecule has 0 unspecified atom stereocenters. The van der Waals surface area contributed by atoms with Gasteiger partial charge in [0.25, 0.3) is 0 Å². The van der Waals surface area contributed by atoms with Gasteiger partial charge in [0, 0.05) is 11.1 Å². The summed E-state index contributed by atoms with van der Waals surface area (Å²) in [5, 5.41) is 0. The Morgan fingerprint density at radius 3 is 2.82 bits per heavy atom. The third-order valence-corrected chi connectivity index (χ3v) is 3.36. The Balaban J connectivity index is 2.28. The fourth-order valence-electron chi connectivity index (χ4n) is 2.47. The Kier molecular flexibility index (Phi) is 2.23. The van der Waals surface area contributed by atoms with Gasteiger partial charge in [-0.25, -0.2) is 0 Å². The zero-order valence-corrected chi connectivity index (χ0v) is 9.58. The van der Waals surface area contributed by atoms with Crippen molar-refractivity contribution in [1.29, 1.82) is 0 Å². The summed E-state index contributed by atoms with van der Waals surface area (Å²) in [6.45, 7) is 2.84. The molecule has 3 heteroatoms. The molecule has 0 amide bonds. The van der Waals surface area contributed by atoms with Crippen LogP contribution >= 0.6 is 0 Å². The molecular weight excluding hydrogens is 216 g/mol. The van der Waals surface area contributed by atoms with E-state index in [1.54, 1.807) is 13.0 Å². The van der Waals surface area contributed by atoms with Gasteiger partial charge in [-0.2, -0.15) is 0 Å². The Morgan fingerprint density at radius 2 is 2.00 bits per heavy atom. The molecule has 3 nitrogen and oxygen atoms in total. The highest BCUT2D eigenvalue weighted by molar-refractivity contribution is 6.51. The second-order valence-corrected chi connectivity index (χ2v) is 4.46. The second kappa shape index (κ2) is 3.64. The number of allylic oxidation sites excluding steroid dienone is 1. The van der Waals surface area contributed by atoms with Crippen LogP contribution in [0, 0.1) is 0 Å². The highest BCUT2D eigenvalue weighted by atomic mass is 16.5. The molecule has 17 heavy (non-hydrogen) atoms. The molecule has 1 aliphatic carbocycles. The van der Waals surface area contributed by atoms with Gasteiger partial charge in [0.1, 0.15) is 0 Å². The monoisotopic (exact) mass is 228 g/mol. The largest absolute Gasteiger partial charge is 0.376 e. The van der Waals surface area contributed by atoms with Crippen molar-refractivity contribution in [2.24, 2.45) is 0 Å². The van der Waals surface area contributed by atoms with Crippen LogP contribution in [0.1, 0.15) is 34.0 Å². The molecule has 0 aromatic heterocycles. The van der Waals surface area contributed by atoms with Crippen molar-refractivity contribution in [3.05, 3.63) is 40.0 Å².